The highest BCUT2D eigenvalue weighted by molar-refractivity contribution is 9.10. The lowest BCUT2D eigenvalue weighted by Crippen LogP contribution is -2.13. The molecular formula is C14H15BrFN3. The molecule has 0 atom stereocenters. The second kappa shape index (κ2) is 5.65. The fourth-order valence-corrected chi connectivity index (χ4v) is 2.06. The molecule has 2 aromatic rings. The van der Waals surface area contributed by atoms with Gasteiger partial charge in [0.1, 0.15) is 22.1 Å². The molecule has 0 spiro atoms. The highest BCUT2D eigenvalue weighted by Gasteiger charge is 2.11. The SMILES string of the molecule is CC(C)c1nc(Br)cc(N(C)c2cccc(F)c2)n1. The van der Waals surface area contributed by atoms with E-state index in [0.29, 0.717) is 0 Å². The smallest absolute Gasteiger partial charge is 0.137 e. The Morgan fingerprint density at radius 2 is 1.95 bits per heavy atom. The molecule has 0 radical (unpaired) electrons. The number of nitrogens with zero attached hydrogens (tertiary/aromatic N) is 3. The van der Waals surface area contributed by atoms with Gasteiger partial charge in [0, 0.05) is 24.7 Å². The minimum atomic E-state index is -0.262. The molecule has 0 aliphatic carbocycles. The van der Waals surface area contributed by atoms with Crippen molar-refractivity contribution in [3.05, 3.63) is 46.6 Å². The first-order valence-corrected chi connectivity index (χ1v) is 6.80. The van der Waals surface area contributed by atoms with Crippen LogP contribution >= 0.6 is 15.9 Å². The zero-order valence-corrected chi connectivity index (χ0v) is 12.6. The minimum Gasteiger partial charge on any atom is -0.329 e. The third kappa shape index (κ3) is 3.29. The minimum absolute atomic E-state index is 0.233. The summed E-state index contributed by atoms with van der Waals surface area (Å²) in [6, 6.07) is 8.24. The van der Waals surface area contributed by atoms with Gasteiger partial charge in [-0.05, 0) is 34.1 Å². The average molecular weight is 324 g/mol. The number of halogens is 2. The van der Waals surface area contributed by atoms with E-state index in [9.17, 15) is 4.39 Å². The summed E-state index contributed by atoms with van der Waals surface area (Å²) >= 11 is 3.38. The van der Waals surface area contributed by atoms with Crippen LogP contribution in [0.3, 0.4) is 0 Å². The van der Waals surface area contributed by atoms with Crippen molar-refractivity contribution in [1.29, 1.82) is 0 Å². The third-order valence-electron chi connectivity index (χ3n) is 2.75. The van der Waals surface area contributed by atoms with Gasteiger partial charge in [0.15, 0.2) is 0 Å². The van der Waals surface area contributed by atoms with Crippen molar-refractivity contribution < 1.29 is 4.39 Å². The first kappa shape index (κ1) is 13.9. The van der Waals surface area contributed by atoms with Crippen LogP contribution in [-0.4, -0.2) is 17.0 Å². The van der Waals surface area contributed by atoms with Gasteiger partial charge in [-0.2, -0.15) is 0 Å². The maximum atomic E-state index is 13.3. The summed E-state index contributed by atoms with van der Waals surface area (Å²) in [5.41, 5.74) is 0.750. The molecule has 0 aliphatic rings. The molecule has 1 aromatic carbocycles. The van der Waals surface area contributed by atoms with Crippen LogP contribution in [0.2, 0.25) is 0 Å². The molecule has 5 heteroatoms. The molecular weight excluding hydrogens is 309 g/mol. The fourth-order valence-electron chi connectivity index (χ4n) is 1.67. The maximum Gasteiger partial charge on any atom is 0.137 e. The molecule has 0 saturated heterocycles. The fraction of sp³-hybridized carbons (Fsp3) is 0.286. The Balaban J connectivity index is 2.41. The Kier molecular flexibility index (Phi) is 4.14. The van der Waals surface area contributed by atoms with Crippen LogP contribution in [-0.2, 0) is 0 Å². The highest BCUT2D eigenvalue weighted by atomic mass is 79.9. The van der Waals surface area contributed by atoms with Gasteiger partial charge in [-0.1, -0.05) is 19.9 Å². The van der Waals surface area contributed by atoms with Crippen molar-refractivity contribution in [2.24, 2.45) is 0 Å². The van der Waals surface area contributed by atoms with Gasteiger partial charge in [0.25, 0.3) is 0 Å². The molecule has 0 saturated carbocycles. The van der Waals surface area contributed by atoms with Gasteiger partial charge in [-0.25, -0.2) is 14.4 Å². The monoisotopic (exact) mass is 323 g/mol. The van der Waals surface area contributed by atoms with Crippen LogP contribution in [0.15, 0.2) is 34.9 Å². The molecule has 2 rings (SSSR count). The molecule has 0 aliphatic heterocycles. The number of hydrogen-bond donors (Lipinski definition) is 0. The number of rotatable bonds is 3. The zero-order chi connectivity index (χ0) is 14.0. The molecule has 3 nitrogen and oxygen atoms in total. The Bertz CT molecular complexity index is 587. The zero-order valence-electron chi connectivity index (χ0n) is 11.1. The first-order valence-electron chi connectivity index (χ1n) is 6.01. The summed E-state index contributed by atoms with van der Waals surface area (Å²) in [5.74, 6) is 1.46. The Morgan fingerprint density at radius 1 is 1.21 bits per heavy atom. The number of aromatic nitrogens is 2. The predicted molar refractivity (Wildman–Crippen MR) is 78.3 cm³/mol. The largest absolute Gasteiger partial charge is 0.329 e. The van der Waals surface area contributed by atoms with E-state index in [0.717, 1.165) is 21.9 Å². The number of anilines is 2. The van der Waals surface area contributed by atoms with E-state index in [1.807, 2.05) is 37.9 Å². The normalized spacial score (nSPS) is 10.8. The van der Waals surface area contributed by atoms with E-state index >= 15 is 0 Å². The van der Waals surface area contributed by atoms with Gasteiger partial charge < -0.3 is 4.90 Å². The lowest BCUT2D eigenvalue weighted by Gasteiger charge is -2.19. The summed E-state index contributed by atoms with van der Waals surface area (Å²) in [4.78, 5) is 10.7. The van der Waals surface area contributed by atoms with Gasteiger partial charge in [0.05, 0.1) is 0 Å². The van der Waals surface area contributed by atoms with Crippen molar-refractivity contribution >= 4 is 27.4 Å². The van der Waals surface area contributed by atoms with Crippen molar-refractivity contribution in [1.82, 2.24) is 9.97 Å². The van der Waals surface area contributed by atoms with Crippen molar-refractivity contribution in [2.45, 2.75) is 19.8 Å². The van der Waals surface area contributed by atoms with Crippen molar-refractivity contribution in [3.63, 3.8) is 0 Å². The van der Waals surface area contributed by atoms with E-state index in [1.54, 1.807) is 6.07 Å². The Hall–Kier alpha value is -1.49. The molecule has 19 heavy (non-hydrogen) atoms. The van der Waals surface area contributed by atoms with Crippen LogP contribution in [0.25, 0.3) is 0 Å². The van der Waals surface area contributed by atoms with Gasteiger partial charge in [0.2, 0.25) is 0 Å². The quantitative estimate of drug-likeness (QED) is 0.790. The molecule has 1 heterocycles. The van der Waals surface area contributed by atoms with Gasteiger partial charge in [-0.15, -0.1) is 0 Å². The summed E-state index contributed by atoms with van der Waals surface area (Å²) in [6.07, 6.45) is 0. The van der Waals surface area contributed by atoms with E-state index in [4.69, 9.17) is 0 Å². The van der Waals surface area contributed by atoms with Gasteiger partial charge >= 0.3 is 0 Å². The number of hydrogen-bond acceptors (Lipinski definition) is 3. The van der Waals surface area contributed by atoms with Crippen LogP contribution < -0.4 is 4.90 Å². The Morgan fingerprint density at radius 3 is 2.58 bits per heavy atom. The lowest BCUT2D eigenvalue weighted by molar-refractivity contribution is 0.628. The van der Waals surface area contributed by atoms with Crippen LogP contribution in [0.5, 0.6) is 0 Å². The van der Waals surface area contributed by atoms with Crippen molar-refractivity contribution in [2.75, 3.05) is 11.9 Å². The summed E-state index contributed by atoms with van der Waals surface area (Å²) in [6.45, 7) is 4.07. The lowest BCUT2D eigenvalue weighted by atomic mass is 10.2. The summed E-state index contributed by atoms with van der Waals surface area (Å²) < 4.78 is 14.0. The second-order valence-corrected chi connectivity index (χ2v) is 5.41. The van der Waals surface area contributed by atoms with E-state index in [2.05, 4.69) is 25.9 Å². The molecule has 0 N–H and O–H groups in total. The van der Waals surface area contributed by atoms with E-state index < -0.39 is 0 Å². The topological polar surface area (TPSA) is 29.0 Å². The summed E-state index contributed by atoms with van der Waals surface area (Å²) in [7, 11) is 1.85. The standard InChI is InChI=1S/C14H15BrFN3/c1-9(2)14-17-12(15)8-13(18-14)19(3)11-6-4-5-10(16)7-11/h4-9H,1-3H3. The summed E-state index contributed by atoms with van der Waals surface area (Å²) in [5, 5.41) is 0. The Labute approximate surface area is 120 Å². The van der Waals surface area contributed by atoms with Crippen molar-refractivity contribution in [3.8, 4) is 0 Å². The third-order valence-corrected chi connectivity index (χ3v) is 3.16. The molecule has 1 aromatic heterocycles. The molecule has 0 bridgehead atoms. The van der Waals surface area contributed by atoms with Crippen LogP contribution in [0.1, 0.15) is 25.6 Å². The van der Waals surface area contributed by atoms with E-state index in [1.165, 1.54) is 12.1 Å². The molecule has 0 amide bonds. The molecule has 100 valence electrons. The second-order valence-electron chi connectivity index (χ2n) is 4.60. The van der Waals surface area contributed by atoms with E-state index in [-0.39, 0.29) is 11.7 Å². The molecule has 0 unspecified atom stereocenters. The van der Waals surface area contributed by atoms with Crippen LogP contribution in [0, 0.1) is 5.82 Å². The average Bonchev–Trinajstić information content (AvgIpc) is 2.37. The molecule has 0 fully saturated rings. The predicted octanol–water partition coefficient (Wildman–Crippen LogP) is 4.27. The maximum absolute atomic E-state index is 13.3. The van der Waals surface area contributed by atoms with Crippen LogP contribution in [0.4, 0.5) is 15.9 Å². The highest BCUT2D eigenvalue weighted by Crippen LogP contribution is 2.25. The van der Waals surface area contributed by atoms with Gasteiger partial charge in [-0.3, -0.25) is 0 Å². The first-order chi connectivity index (χ1) is 8.97. The number of benzene rings is 1.